The van der Waals surface area contributed by atoms with Gasteiger partial charge in [0.1, 0.15) is 11.8 Å². The summed E-state index contributed by atoms with van der Waals surface area (Å²) in [7, 11) is 0. The molecular formula is C20H19F2N5O4. The predicted molar refractivity (Wildman–Crippen MR) is 105 cm³/mol. The second kappa shape index (κ2) is 9.04. The van der Waals surface area contributed by atoms with Gasteiger partial charge in [-0.05, 0) is 30.3 Å². The van der Waals surface area contributed by atoms with Crippen molar-refractivity contribution in [2.45, 2.75) is 25.2 Å². The summed E-state index contributed by atoms with van der Waals surface area (Å²) in [5.41, 5.74) is 1.52. The Labute approximate surface area is 175 Å². The number of rotatable bonds is 8. The topological polar surface area (TPSA) is 103 Å². The summed E-state index contributed by atoms with van der Waals surface area (Å²) in [6, 6.07) is 9.32. The third-order valence-electron chi connectivity index (χ3n) is 4.89. The average Bonchev–Trinajstić information content (AvgIpc) is 3.43. The fraction of sp³-hybridized carbons (Fsp3) is 0.300. The number of anilines is 1. The summed E-state index contributed by atoms with van der Waals surface area (Å²) in [6.07, 6.45) is 4.82. The highest BCUT2D eigenvalue weighted by Crippen LogP contribution is 2.29. The number of ether oxygens (including phenoxy) is 2. The first-order chi connectivity index (χ1) is 15.0. The molecule has 2 aromatic heterocycles. The Morgan fingerprint density at radius 3 is 2.45 bits per heavy atom. The number of benzene rings is 1. The number of carboxylic acid groups (broad SMARTS) is 1. The Kier molecular flexibility index (Phi) is 6.03. The molecule has 9 nitrogen and oxygen atoms in total. The largest absolute Gasteiger partial charge is 0.478 e. The summed E-state index contributed by atoms with van der Waals surface area (Å²) in [4.78, 5) is 18.6. The van der Waals surface area contributed by atoms with Gasteiger partial charge in [0.05, 0.1) is 43.3 Å². The molecule has 162 valence electrons. The molecular weight excluding hydrogens is 412 g/mol. The second-order valence-electron chi connectivity index (χ2n) is 6.90. The number of halogens is 2. The number of alkyl halides is 2. The van der Waals surface area contributed by atoms with Crippen LogP contribution in [0.15, 0.2) is 55.0 Å². The summed E-state index contributed by atoms with van der Waals surface area (Å²) < 4.78 is 35.7. The molecule has 3 aromatic rings. The predicted octanol–water partition coefficient (Wildman–Crippen LogP) is 2.63. The average molecular weight is 431 g/mol. The highest BCUT2D eigenvalue weighted by molar-refractivity contribution is 5.88. The van der Waals surface area contributed by atoms with Gasteiger partial charge in [0.25, 0.3) is 0 Å². The van der Waals surface area contributed by atoms with Gasteiger partial charge >= 0.3 is 12.6 Å². The van der Waals surface area contributed by atoms with Crippen molar-refractivity contribution in [3.05, 3.63) is 60.6 Å². The lowest BCUT2D eigenvalue weighted by atomic mass is 10.1. The molecule has 2 atom stereocenters. The maximum atomic E-state index is 12.6. The maximum absolute atomic E-state index is 12.6. The molecule has 4 rings (SSSR count). The van der Waals surface area contributed by atoms with Crippen LogP contribution in [0.2, 0.25) is 0 Å². The Balaban J connectivity index is 1.46. The minimum atomic E-state index is -2.87. The first kappa shape index (κ1) is 20.7. The van der Waals surface area contributed by atoms with E-state index in [2.05, 4.69) is 19.9 Å². The van der Waals surface area contributed by atoms with Crippen LogP contribution >= 0.6 is 0 Å². The number of nitrogens with zero attached hydrogens (tertiary/aromatic N) is 5. The molecule has 0 aliphatic carbocycles. The van der Waals surface area contributed by atoms with Crippen LogP contribution in [0.3, 0.4) is 0 Å². The molecule has 3 heterocycles. The summed E-state index contributed by atoms with van der Waals surface area (Å²) in [5, 5.41) is 17.1. The third kappa shape index (κ3) is 4.94. The van der Waals surface area contributed by atoms with Crippen LogP contribution in [0.1, 0.15) is 16.8 Å². The molecule has 1 aliphatic heterocycles. The summed E-state index contributed by atoms with van der Waals surface area (Å²) in [5.74, 6) is -0.649. The monoisotopic (exact) mass is 431 g/mol. The van der Waals surface area contributed by atoms with E-state index in [1.54, 1.807) is 42.9 Å². The fourth-order valence-electron chi connectivity index (χ4n) is 3.49. The third-order valence-corrected chi connectivity index (χ3v) is 4.89. The Morgan fingerprint density at radius 1 is 1.13 bits per heavy atom. The van der Waals surface area contributed by atoms with Crippen molar-refractivity contribution in [1.82, 2.24) is 20.0 Å². The van der Waals surface area contributed by atoms with Gasteiger partial charge in [-0.2, -0.15) is 23.8 Å². The number of aromatic carboxylic acids is 1. The van der Waals surface area contributed by atoms with Gasteiger partial charge in [0, 0.05) is 18.2 Å². The number of carboxylic acids is 1. The van der Waals surface area contributed by atoms with Crippen LogP contribution < -0.4 is 9.64 Å². The SMILES string of the molecule is O=C(O)c1ccc(N2C[C@@H](Oc3ccc(-n4nccn4)cn3)C[C@H]2COC(F)F)cc1. The summed E-state index contributed by atoms with van der Waals surface area (Å²) >= 11 is 0. The van der Waals surface area contributed by atoms with Crippen molar-refractivity contribution in [1.29, 1.82) is 0 Å². The van der Waals surface area contributed by atoms with E-state index in [-0.39, 0.29) is 24.3 Å². The van der Waals surface area contributed by atoms with Gasteiger partial charge < -0.3 is 19.5 Å². The Bertz CT molecular complexity index is 999. The lowest BCUT2D eigenvalue weighted by molar-refractivity contribution is -0.131. The van der Waals surface area contributed by atoms with Crippen LogP contribution in [-0.4, -0.2) is 63.0 Å². The minimum absolute atomic E-state index is 0.145. The number of pyridine rings is 1. The quantitative estimate of drug-likeness (QED) is 0.581. The zero-order valence-electron chi connectivity index (χ0n) is 16.2. The minimum Gasteiger partial charge on any atom is -0.478 e. The second-order valence-corrected chi connectivity index (χ2v) is 6.90. The standard InChI is InChI=1S/C20H19F2N5O4/c21-20(22)30-12-16-9-17(11-26(16)14-3-1-13(2-4-14)19(28)29)31-18-6-5-15(10-23-18)27-24-7-8-25-27/h1-8,10,16-17,20H,9,11-12H2,(H,28,29)/t16-,17-/m0/s1. The van der Waals surface area contributed by atoms with Gasteiger partial charge in [0.15, 0.2) is 0 Å². The molecule has 1 saturated heterocycles. The molecule has 31 heavy (non-hydrogen) atoms. The Hall–Kier alpha value is -3.60. The van der Waals surface area contributed by atoms with Crippen molar-refractivity contribution < 1.29 is 28.2 Å². The Morgan fingerprint density at radius 2 is 1.84 bits per heavy atom. The van der Waals surface area contributed by atoms with E-state index in [0.717, 1.165) is 0 Å². The van der Waals surface area contributed by atoms with Crippen LogP contribution in [-0.2, 0) is 4.74 Å². The normalized spacial score (nSPS) is 18.5. The van der Waals surface area contributed by atoms with E-state index in [1.165, 1.54) is 16.9 Å². The first-order valence-corrected chi connectivity index (χ1v) is 9.49. The van der Waals surface area contributed by atoms with Crippen molar-refractivity contribution in [2.24, 2.45) is 0 Å². The van der Waals surface area contributed by atoms with E-state index < -0.39 is 12.6 Å². The van der Waals surface area contributed by atoms with Crippen LogP contribution in [0, 0.1) is 0 Å². The van der Waals surface area contributed by atoms with Crippen LogP contribution in [0.25, 0.3) is 5.69 Å². The van der Waals surface area contributed by atoms with Crippen molar-refractivity contribution in [3.8, 4) is 11.6 Å². The van der Waals surface area contributed by atoms with Gasteiger partial charge in [-0.25, -0.2) is 9.78 Å². The van der Waals surface area contributed by atoms with E-state index in [4.69, 9.17) is 9.84 Å². The number of carbonyl (C=O) groups is 1. The highest BCUT2D eigenvalue weighted by Gasteiger charge is 2.34. The molecule has 0 spiro atoms. The molecule has 11 heteroatoms. The van der Waals surface area contributed by atoms with E-state index in [9.17, 15) is 13.6 Å². The lowest BCUT2D eigenvalue weighted by Gasteiger charge is -2.26. The molecule has 1 aromatic carbocycles. The lowest BCUT2D eigenvalue weighted by Crippen LogP contribution is -2.34. The van der Waals surface area contributed by atoms with Crippen molar-refractivity contribution in [3.63, 3.8) is 0 Å². The number of hydrogen-bond donors (Lipinski definition) is 1. The van der Waals surface area contributed by atoms with Gasteiger partial charge in [0.2, 0.25) is 5.88 Å². The molecule has 0 saturated carbocycles. The maximum Gasteiger partial charge on any atom is 0.345 e. The summed E-state index contributed by atoms with van der Waals surface area (Å²) in [6.45, 7) is -2.65. The first-order valence-electron chi connectivity index (χ1n) is 9.49. The molecule has 0 bridgehead atoms. The molecule has 1 N–H and O–H groups in total. The molecule has 0 radical (unpaired) electrons. The smallest absolute Gasteiger partial charge is 0.345 e. The van der Waals surface area contributed by atoms with E-state index in [1.807, 2.05) is 4.90 Å². The highest BCUT2D eigenvalue weighted by atomic mass is 19.3. The molecule has 0 unspecified atom stereocenters. The van der Waals surface area contributed by atoms with E-state index >= 15 is 0 Å². The van der Waals surface area contributed by atoms with Crippen molar-refractivity contribution in [2.75, 3.05) is 18.1 Å². The molecule has 0 amide bonds. The molecule has 1 aliphatic rings. The number of aromatic nitrogens is 4. The van der Waals surface area contributed by atoms with Crippen molar-refractivity contribution >= 4 is 11.7 Å². The molecule has 1 fully saturated rings. The fourth-order valence-corrected chi connectivity index (χ4v) is 3.49. The van der Waals surface area contributed by atoms with E-state index in [0.29, 0.717) is 30.2 Å². The van der Waals surface area contributed by atoms with Gasteiger partial charge in [-0.15, -0.1) is 0 Å². The van der Waals surface area contributed by atoms with Crippen LogP contribution in [0.5, 0.6) is 5.88 Å². The van der Waals surface area contributed by atoms with Gasteiger partial charge in [-0.3, -0.25) is 0 Å². The zero-order valence-corrected chi connectivity index (χ0v) is 16.2. The van der Waals surface area contributed by atoms with Gasteiger partial charge in [-0.1, -0.05) is 0 Å². The zero-order chi connectivity index (χ0) is 21.8. The number of hydrogen-bond acceptors (Lipinski definition) is 7. The van der Waals surface area contributed by atoms with Crippen LogP contribution in [0.4, 0.5) is 14.5 Å².